The number of aromatic nitrogens is 3. The molecule has 5 heteroatoms. The molecule has 3 rings (SSSR count). The largest absolute Gasteiger partial charge is 0.399 e. The Morgan fingerprint density at radius 3 is 2.56 bits per heavy atom. The molecule has 0 aliphatic rings. The lowest BCUT2D eigenvalue weighted by atomic mass is 10.1. The smallest absolute Gasteiger partial charge is 0.216 e. The molecule has 0 radical (unpaired) electrons. The highest BCUT2D eigenvalue weighted by molar-refractivity contribution is 7.15. The third-order valence-electron chi connectivity index (χ3n) is 2.94. The molecule has 0 unspecified atom stereocenters. The van der Waals surface area contributed by atoms with Gasteiger partial charge in [0.15, 0.2) is 5.82 Å². The summed E-state index contributed by atoms with van der Waals surface area (Å²) in [4.78, 5) is 0.936. The zero-order chi connectivity index (χ0) is 12.7. The SMILES string of the molecule is CC(C)c1csc2nnc(-c3ccc(N)cc3)n12. The van der Waals surface area contributed by atoms with Crippen molar-refractivity contribution in [2.45, 2.75) is 19.8 Å². The predicted molar refractivity (Wildman–Crippen MR) is 74.8 cm³/mol. The molecule has 2 aromatic heterocycles. The van der Waals surface area contributed by atoms with E-state index in [1.165, 1.54) is 5.69 Å². The van der Waals surface area contributed by atoms with Crippen LogP contribution in [-0.4, -0.2) is 14.6 Å². The molecule has 0 fully saturated rings. The number of thiazole rings is 1. The first-order valence-corrected chi connectivity index (χ1v) is 6.73. The van der Waals surface area contributed by atoms with Crippen molar-refractivity contribution in [3.05, 3.63) is 35.3 Å². The van der Waals surface area contributed by atoms with Crippen molar-refractivity contribution in [3.63, 3.8) is 0 Å². The number of nitrogens with zero attached hydrogens (tertiary/aromatic N) is 3. The van der Waals surface area contributed by atoms with Crippen molar-refractivity contribution < 1.29 is 0 Å². The van der Waals surface area contributed by atoms with Crippen molar-refractivity contribution in [1.29, 1.82) is 0 Å². The van der Waals surface area contributed by atoms with Crippen molar-refractivity contribution in [3.8, 4) is 11.4 Å². The van der Waals surface area contributed by atoms with Gasteiger partial charge >= 0.3 is 0 Å². The molecule has 0 bridgehead atoms. The summed E-state index contributed by atoms with van der Waals surface area (Å²) in [6.45, 7) is 4.35. The molecular weight excluding hydrogens is 244 g/mol. The van der Waals surface area contributed by atoms with Gasteiger partial charge in [0, 0.05) is 22.3 Å². The molecule has 0 aliphatic heterocycles. The van der Waals surface area contributed by atoms with Gasteiger partial charge in [-0.15, -0.1) is 21.5 Å². The molecule has 2 N–H and O–H groups in total. The van der Waals surface area contributed by atoms with Gasteiger partial charge in [-0.1, -0.05) is 13.8 Å². The van der Waals surface area contributed by atoms with Gasteiger partial charge in [-0.05, 0) is 30.2 Å². The monoisotopic (exact) mass is 258 g/mol. The molecule has 1 aromatic carbocycles. The quantitative estimate of drug-likeness (QED) is 0.718. The zero-order valence-corrected chi connectivity index (χ0v) is 11.1. The molecule has 92 valence electrons. The Labute approximate surface area is 109 Å². The van der Waals surface area contributed by atoms with Crippen molar-refractivity contribution in [1.82, 2.24) is 14.6 Å². The lowest BCUT2D eigenvalue weighted by molar-refractivity contribution is 0.811. The summed E-state index contributed by atoms with van der Waals surface area (Å²) >= 11 is 1.63. The molecule has 0 saturated heterocycles. The fourth-order valence-electron chi connectivity index (χ4n) is 1.96. The maximum atomic E-state index is 5.71. The van der Waals surface area contributed by atoms with Crippen molar-refractivity contribution >= 4 is 22.0 Å². The number of rotatable bonds is 2. The summed E-state index contributed by atoms with van der Waals surface area (Å²) in [5.74, 6) is 1.33. The highest BCUT2D eigenvalue weighted by Crippen LogP contribution is 2.28. The van der Waals surface area contributed by atoms with Crippen LogP contribution in [0.4, 0.5) is 5.69 Å². The lowest BCUT2D eigenvalue weighted by Crippen LogP contribution is -1.96. The van der Waals surface area contributed by atoms with Crippen molar-refractivity contribution in [2.24, 2.45) is 0 Å². The van der Waals surface area contributed by atoms with Crippen LogP contribution in [-0.2, 0) is 0 Å². The molecule has 18 heavy (non-hydrogen) atoms. The van der Waals surface area contributed by atoms with Crippen LogP contribution in [0, 0.1) is 0 Å². The zero-order valence-electron chi connectivity index (χ0n) is 10.3. The van der Waals surface area contributed by atoms with Gasteiger partial charge in [0.05, 0.1) is 0 Å². The van der Waals surface area contributed by atoms with E-state index in [2.05, 4.69) is 33.8 Å². The average Bonchev–Trinajstić information content (AvgIpc) is 2.90. The van der Waals surface area contributed by atoms with Crippen LogP contribution < -0.4 is 5.73 Å². The second-order valence-electron chi connectivity index (χ2n) is 4.58. The van der Waals surface area contributed by atoms with Crippen LogP contribution >= 0.6 is 11.3 Å². The Morgan fingerprint density at radius 2 is 1.89 bits per heavy atom. The first kappa shape index (κ1) is 11.2. The first-order valence-electron chi connectivity index (χ1n) is 5.85. The topological polar surface area (TPSA) is 56.2 Å². The van der Waals surface area contributed by atoms with E-state index in [4.69, 9.17) is 5.73 Å². The van der Waals surface area contributed by atoms with E-state index in [9.17, 15) is 0 Å². The van der Waals surface area contributed by atoms with Crippen LogP contribution in [0.2, 0.25) is 0 Å². The Kier molecular flexibility index (Phi) is 2.56. The number of nitrogen functional groups attached to an aromatic ring is 1. The summed E-state index contributed by atoms with van der Waals surface area (Å²) in [5.41, 5.74) is 8.75. The van der Waals surface area contributed by atoms with Gasteiger partial charge < -0.3 is 5.73 Å². The summed E-state index contributed by atoms with van der Waals surface area (Å²) in [6.07, 6.45) is 0. The van der Waals surface area contributed by atoms with Gasteiger partial charge in [0.2, 0.25) is 4.96 Å². The van der Waals surface area contributed by atoms with Crippen LogP contribution in [0.25, 0.3) is 16.3 Å². The molecular formula is C13H14N4S. The number of anilines is 1. The molecule has 2 heterocycles. The number of hydrogen-bond donors (Lipinski definition) is 1. The normalized spacial score (nSPS) is 11.5. The Morgan fingerprint density at radius 1 is 1.17 bits per heavy atom. The molecule has 0 aliphatic carbocycles. The maximum absolute atomic E-state index is 5.71. The minimum Gasteiger partial charge on any atom is -0.399 e. The number of nitrogens with two attached hydrogens (primary N) is 1. The molecule has 4 nitrogen and oxygen atoms in total. The van der Waals surface area contributed by atoms with E-state index in [1.807, 2.05) is 24.3 Å². The minimum atomic E-state index is 0.447. The van der Waals surface area contributed by atoms with Crippen molar-refractivity contribution in [2.75, 3.05) is 5.73 Å². The van der Waals surface area contributed by atoms with E-state index >= 15 is 0 Å². The van der Waals surface area contributed by atoms with Gasteiger partial charge in [-0.25, -0.2) is 0 Å². The van der Waals surface area contributed by atoms with E-state index in [1.54, 1.807) is 11.3 Å². The van der Waals surface area contributed by atoms with Gasteiger partial charge in [-0.3, -0.25) is 4.40 Å². The number of fused-ring (bicyclic) bond motifs is 1. The Bertz CT molecular complexity index is 679. The second-order valence-corrected chi connectivity index (χ2v) is 5.42. The molecule has 0 amide bonds. The highest BCUT2D eigenvalue weighted by Gasteiger charge is 2.15. The number of hydrogen-bond acceptors (Lipinski definition) is 4. The van der Waals surface area contributed by atoms with E-state index in [0.717, 1.165) is 22.0 Å². The van der Waals surface area contributed by atoms with Gasteiger partial charge in [0.25, 0.3) is 0 Å². The third-order valence-corrected chi connectivity index (χ3v) is 3.77. The fraction of sp³-hybridized carbons (Fsp3) is 0.231. The highest BCUT2D eigenvalue weighted by atomic mass is 32.1. The standard InChI is InChI=1S/C13H14N4S/c1-8(2)11-7-18-13-16-15-12(17(11)13)9-3-5-10(14)6-4-9/h3-8H,14H2,1-2H3. The summed E-state index contributed by atoms with van der Waals surface area (Å²) < 4.78 is 2.13. The van der Waals surface area contributed by atoms with Gasteiger partial charge in [-0.2, -0.15) is 0 Å². The van der Waals surface area contributed by atoms with Crippen LogP contribution in [0.5, 0.6) is 0 Å². The molecule has 0 spiro atoms. The second kappa shape index (κ2) is 4.10. The first-order chi connectivity index (χ1) is 8.66. The minimum absolute atomic E-state index is 0.447. The van der Waals surface area contributed by atoms with Crippen LogP contribution in [0.1, 0.15) is 25.5 Å². The molecule has 0 saturated carbocycles. The predicted octanol–water partition coefficient (Wildman–Crippen LogP) is 3.16. The van der Waals surface area contributed by atoms with Crippen LogP contribution in [0.3, 0.4) is 0 Å². The summed E-state index contributed by atoms with van der Waals surface area (Å²) in [5, 5.41) is 10.6. The van der Waals surface area contributed by atoms with E-state index in [-0.39, 0.29) is 0 Å². The van der Waals surface area contributed by atoms with E-state index in [0.29, 0.717) is 5.92 Å². The summed E-state index contributed by atoms with van der Waals surface area (Å²) in [6, 6.07) is 7.73. The van der Waals surface area contributed by atoms with Crippen LogP contribution in [0.15, 0.2) is 29.6 Å². The number of benzene rings is 1. The average molecular weight is 258 g/mol. The fourth-order valence-corrected chi connectivity index (χ4v) is 2.95. The van der Waals surface area contributed by atoms with Gasteiger partial charge in [0.1, 0.15) is 0 Å². The Balaban J connectivity index is 2.22. The Hall–Kier alpha value is -1.88. The molecule has 0 atom stereocenters. The molecule has 3 aromatic rings. The lowest BCUT2D eigenvalue weighted by Gasteiger charge is -2.05. The van der Waals surface area contributed by atoms with E-state index < -0.39 is 0 Å². The third kappa shape index (κ3) is 1.67. The summed E-state index contributed by atoms with van der Waals surface area (Å²) in [7, 11) is 0. The maximum Gasteiger partial charge on any atom is 0.216 e.